The Bertz CT molecular complexity index is 2790. The first-order valence-electron chi connectivity index (χ1n) is 18.3. The van der Waals surface area contributed by atoms with E-state index in [0.717, 1.165) is 59.7 Å². The summed E-state index contributed by atoms with van der Waals surface area (Å²) in [6.45, 7) is 2.40. The number of anilines is 4. The Labute approximate surface area is 297 Å². The molecule has 0 saturated carbocycles. The van der Waals surface area contributed by atoms with Gasteiger partial charge in [0.2, 0.25) is 0 Å². The number of fused-ring (bicyclic) bond motifs is 8. The summed E-state index contributed by atoms with van der Waals surface area (Å²) >= 11 is 0. The Morgan fingerprint density at radius 3 is 2.29 bits per heavy atom. The summed E-state index contributed by atoms with van der Waals surface area (Å²) in [5, 5.41) is 2.30. The van der Waals surface area contributed by atoms with Crippen LogP contribution in [0.3, 0.4) is 0 Å². The van der Waals surface area contributed by atoms with Gasteiger partial charge in [-0.15, -0.1) is 0 Å². The number of furan rings is 1. The molecule has 0 radical (unpaired) electrons. The lowest BCUT2D eigenvalue weighted by atomic mass is 9.36. The van der Waals surface area contributed by atoms with Gasteiger partial charge in [0, 0.05) is 57.6 Å². The van der Waals surface area contributed by atoms with Gasteiger partial charge in [0.1, 0.15) is 11.2 Å². The van der Waals surface area contributed by atoms with Gasteiger partial charge < -0.3 is 19.1 Å². The molecule has 0 fully saturated rings. The molecule has 4 nitrogen and oxygen atoms in total. The van der Waals surface area contributed by atoms with Crippen molar-refractivity contribution in [3.8, 4) is 11.1 Å². The summed E-state index contributed by atoms with van der Waals surface area (Å²) in [5.74, 6) is 0. The molecule has 5 aromatic rings. The number of hydrogen-bond acceptors (Lipinski definition) is 4. The van der Waals surface area contributed by atoms with Crippen LogP contribution in [0.5, 0.6) is 0 Å². The van der Waals surface area contributed by atoms with Crippen molar-refractivity contribution in [3.05, 3.63) is 166 Å². The molecule has 0 saturated heterocycles. The Balaban J connectivity index is 1.30. The predicted molar refractivity (Wildman–Crippen MR) is 210 cm³/mol. The molecule has 3 aliphatic heterocycles. The highest BCUT2D eigenvalue weighted by Crippen LogP contribution is 2.56. The van der Waals surface area contributed by atoms with E-state index in [4.69, 9.17) is 4.42 Å². The van der Waals surface area contributed by atoms with Crippen molar-refractivity contribution in [1.29, 1.82) is 0 Å². The van der Waals surface area contributed by atoms with Crippen molar-refractivity contribution in [3.63, 3.8) is 0 Å². The fourth-order valence-electron chi connectivity index (χ4n) is 9.87. The van der Waals surface area contributed by atoms with Gasteiger partial charge in [-0.2, -0.15) is 0 Å². The molecule has 0 bridgehead atoms. The van der Waals surface area contributed by atoms with Gasteiger partial charge >= 0.3 is 0 Å². The number of benzene rings is 4. The van der Waals surface area contributed by atoms with E-state index in [9.17, 15) is 0 Å². The molecule has 51 heavy (non-hydrogen) atoms. The summed E-state index contributed by atoms with van der Waals surface area (Å²) in [7, 11) is 0. The first kappa shape index (κ1) is 27.7. The largest absolute Gasteiger partial charge is 0.456 e. The van der Waals surface area contributed by atoms with Crippen LogP contribution in [0.2, 0.25) is 0 Å². The summed E-state index contributed by atoms with van der Waals surface area (Å²) in [4.78, 5) is 7.67. The molecule has 0 amide bonds. The molecule has 0 spiro atoms. The second-order valence-corrected chi connectivity index (χ2v) is 14.5. The predicted octanol–water partition coefficient (Wildman–Crippen LogP) is 9.86. The molecule has 4 heterocycles. The third-order valence-electron chi connectivity index (χ3n) is 11.8. The van der Waals surface area contributed by atoms with Crippen LogP contribution in [0.25, 0.3) is 33.1 Å². The van der Waals surface area contributed by atoms with Gasteiger partial charge in [-0.3, -0.25) is 0 Å². The lowest BCUT2D eigenvalue weighted by molar-refractivity contribution is 0.669. The number of para-hydroxylation sites is 1. The van der Waals surface area contributed by atoms with Crippen molar-refractivity contribution >= 4 is 62.3 Å². The minimum Gasteiger partial charge on any atom is -0.456 e. The first-order chi connectivity index (χ1) is 25.3. The monoisotopic (exact) mass is 653 g/mol. The van der Waals surface area contributed by atoms with E-state index in [1.54, 1.807) is 0 Å². The Morgan fingerprint density at radius 2 is 1.49 bits per heavy atom. The van der Waals surface area contributed by atoms with Crippen molar-refractivity contribution < 1.29 is 4.42 Å². The molecule has 4 aromatic carbocycles. The molecule has 0 unspecified atom stereocenters. The van der Waals surface area contributed by atoms with Crippen LogP contribution < -0.4 is 25.6 Å². The fraction of sp³-hybridized carbons (Fsp3) is 0.130. The molecule has 240 valence electrons. The van der Waals surface area contributed by atoms with E-state index in [1.165, 1.54) is 78.6 Å². The maximum absolute atomic E-state index is 6.80. The van der Waals surface area contributed by atoms with E-state index < -0.39 is 0 Å². The van der Waals surface area contributed by atoms with E-state index in [0.29, 0.717) is 0 Å². The third kappa shape index (κ3) is 3.52. The SMILES string of the molecule is CC1=C2B3c4c(cc5c(c4N(C4=C=C=CC=C4)c4c3c(cc3oc6ccccc6c43)N2C2=CCCC=C2)Cc2ccccc2-5)N1C1=CCCC=C1. The quantitative estimate of drug-likeness (QED) is 0.140. The average molecular weight is 654 g/mol. The highest BCUT2D eigenvalue weighted by molar-refractivity contribution is 6.98. The van der Waals surface area contributed by atoms with Crippen molar-refractivity contribution in [2.45, 2.75) is 39.0 Å². The van der Waals surface area contributed by atoms with Crippen LogP contribution in [0.15, 0.2) is 160 Å². The minimum absolute atomic E-state index is 0.0525. The van der Waals surface area contributed by atoms with Gasteiger partial charge in [-0.25, -0.2) is 0 Å². The standard InChI is InChI=1S/C46H32BN3O/c1-28-46-47-42-37(48(28)30-16-5-2-6-17-30)26-35-33-22-12-11-15-29(33)25-36(35)44(42)50(32-20-9-4-10-21-32)45-41-34-23-13-14-24-39(34)51-40(41)27-38(43(45)47)49(46)31-18-7-3-8-19-31/h4-5,7,9,11-20,22-24,26-27H,2-3,6,8,25H2,1H3. The van der Waals surface area contributed by atoms with Gasteiger partial charge in [-0.1, -0.05) is 78.6 Å². The number of nitrogens with zero attached hydrogens (tertiary/aromatic N) is 3. The normalized spacial score (nSPS) is 18.6. The lowest BCUT2D eigenvalue weighted by Crippen LogP contribution is -2.55. The van der Waals surface area contributed by atoms with Crippen molar-refractivity contribution in [2.75, 3.05) is 14.7 Å². The van der Waals surface area contributed by atoms with Crippen LogP contribution in [0, 0.1) is 0 Å². The molecular weight excluding hydrogens is 621 g/mol. The first-order valence-corrected chi connectivity index (χ1v) is 18.3. The topological polar surface area (TPSA) is 22.9 Å². The Hall–Kier alpha value is -6.12. The summed E-state index contributed by atoms with van der Waals surface area (Å²) in [6.07, 6.45) is 25.5. The van der Waals surface area contributed by atoms with E-state index in [1.807, 2.05) is 6.08 Å². The molecule has 7 aliphatic rings. The van der Waals surface area contributed by atoms with Crippen molar-refractivity contribution in [2.24, 2.45) is 0 Å². The summed E-state index contributed by atoms with van der Waals surface area (Å²) in [6, 6.07) is 22.4. The van der Waals surface area contributed by atoms with E-state index in [2.05, 4.69) is 142 Å². The van der Waals surface area contributed by atoms with Crippen molar-refractivity contribution in [1.82, 2.24) is 0 Å². The van der Waals surface area contributed by atoms with E-state index >= 15 is 0 Å². The van der Waals surface area contributed by atoms with Crippen LogP contribution in [-0.2, 0) is 6.42 Å². The second kappa shape index (κ2) is 9.99. The highest BCUT2D eigenvalue weighted by atomic mass is 16.3. The molecule has 4 aliphatic carbocycles. The number of hydrogen-bond donors (Lipinski definition) is 0. The number of allylic oxidation sites excluding steroid dienone is 10. The molecule has 1 aromatic heterocycles. The van der Waals surface area contributed by atoms with Crippen LogP contribution in [0.4, 0.5) is 22.7 Å². The fourth-order valence-corrected chi connectivity index (χ4v) is 9.87. The summed E-state index contributed by atoms with van der Waals surface area (Å²) in [5.41, 5.74) is 27.9. The second-order valence-electron chi connectivity index (χ2n) is 14.5. The van der Waals surface area contributed by atoms with Crippen LogP contribution in [0.1, 0.15) is 43.7 Å². The Kier molecular flexibility index (Phi) is 5.42. The maximum atomic E-state index is 6.80. The number of rotatable bonds is 3. The smallest absolute Gasteiger partial charge is 0.275 e. The molecule has 0 N–H and O–H groups in total. The van der Waals surface area contributed by atoms with Gasteiger partial charge in [0.05, 0.1) is 16.8 Å². The van der Waals surface area contributed by atoms with Gasteiger partial charge in [-0.05, 0) is 108 Å². The van der Waals surface area contributed by atoms with Crippen LogP contribution >= 0.6 is 0 Å². The zero-order valence-electron chi connectivity index (χ0n) is 28.3. The minimum atomic E-state index is 0.0525. The Morgan fingerprint density at radius 1 is 0.725 bits per heavy atom. The molecule has 0 atom stereocenters. The zero-order valence-corrected chi connectivity index (χ0v) is 28.3. The third-order valence-corrected chi connectivity index (χ3v) is 11.8. The zero-order chi connectivity index (χ0) is 33.4. The molecular formula is C46H32BN3O. The maximum Gasteiger partial charge on any atom is 0.275 e. The van der Waals surface area contributed by atoms with E-state index in [-0.39, 0.29) is 6.71 Å². The molecule has 5 heteroatoms. The lowest BCUT2D eigenvalue weighted by Gasteiger charge is -2.44. The van der Waals surface area contributed by atoms with Gasteiger partial charge in [0.15, 0.2) is 0 Å². The summed E-state index contributed by atoms with van der Waals surface area (Å²) < 4.78 is 6.80. The van der Waals surface area contributed by atoms with Gasteiger partial charge in [0.25, 0.3) is 6.71 Å². The average Bonchev–Trinajstić information content (AvgIpc) is 3.86. The van der Waals surface area contributed by atoms with Crippen LogP contribution in [-0.4, -0.2) is 6.71 Å². The molecule has 12 rings (SSSR count). The highest BCUT2D eigenvalue weighted by Gasteiger charge is 2.54.